The average Bonchev–Trinajstić information content (AvgIpc) is 2.46. The Labute approximate surface area is 124 Å². The molecule has 21 heavy (non-hydrogen) atoms. The molecule has 2 aromatic carbocycles. The summed E-state index contributed by atoms with van der Waals surface area (Å²) in [6.45, 7) is 0. The van der Waals surface area contributed by atoms with Gasteiger partial charge in [0.25, 0.3) is 0 Å². The van der Waals surface area contributed by atoms with Gasteiger partial charge in [0, 0.05) is 0 Å². The number of hydrogen-bond donors (Lipinski definition) is 1. The van der Waals surface area contributed by atoms with Crippen LogP contribution in [0.1, 0.15) is 48.0 Å². The Morgan fingerprint density at radius 3 is 2.62 bits per heavy atom. The molecular weight excluding hydrogens is 267 g/mol. The number of aliphatic hydroxyl groups is 1. The molecule has 1 aliphatic carbocycles. The zero-order valence-electron chi connectivity index (χ0n) is 12.1. The predicted octanol–water partition coefficient (Wildman–Crippen LogP) is 4.18. The first-order valence-corrected chi connectivity index (χ1v) is 7.31. The second kappa shape index (κ2) is 5.86. The summed E-state index contributed by atoms with van der Waals surface area (Å²) in [6, 6.07) is 12.5. The number of rotatable bonds is 4. The Bertz CT molecular complexity index is 635. The smallest absolute Gasteiger partial charge is 0.165 e. The molecule has 0 aromatic heterocycles. The minimum absolute atomic E-state index is 0.160. The molecule has 0 aliphatic heterocycles. The van der Waals surface area contributed by atoms with Gasteiger partial charge in [-0.3, -0.25) is 0 Å². The van der Waals surface area contributed by atoms with Crippen molar-refractivity contribution in [3.8, 4) is 5.75 Å². The highest BCUT2D eigenvalue weighted by molar-refractivity contribution is 5.41. The van der Waals surface area contributed by atoms with Gasteiger partial charge in [-0.1, -0.05) is 36.8 Å². The molecule has 1 unspecified atom stereocenters. The summed E-state index contributed by atoms with van der Waals surface area (Å²) in [5, 5.41) is 10.7. The Balaban J connectivity index is 1.96. The van der Waals surface area contributed by atoms with E-state index >= 15 is 0 Å². The van der Waals surface area contributed by atoms with Crippen molar-refractivity contribution in [2.24, 2.45) is 0 Å². The molecular formula is C18H19FO2. The molecule has 1 saturated carbocycles. The van der Waals surface area contributed by atoms with E-state index in [9.17, 15) is 9.50 Å². The van der Waals surface area contributed by atoms with Gasteiger partial charge in [-0.05, 0) is 47.6 Å². The predicted molar refractivity (Wildman–Crippen MR) is 80.0 cm³/mol. The highest BCUT2D eigenvalue weighted by Crippen LogP contribution is 2.40. The third-order valence-electron chi connectivity index (χ3n) is 4.33. The van der Waals surface area contributed by atoms with Gasteiger partial charge in [-0.15, -0.1) is 0 Å². The van der Waals surface area contributed by atoms with Crippen molar-refractivity contribution < 1.29 is 14.2 Å². The lowest BCUT2D eigenvalue weighted by Gasteiger charge is -2.29. The zero-order chi connectivity index (χ0) is 14.8. The molecule has 0 saturated heterocycles. The molecule has 3 rings (SSSR count). The molecule has 0 spiro atoms. The number of ether oxygens (including phenoxy) is 1. The fraction of sp³-hybridized carbons (Fsp3) is 0.333. The Morgan fingerprint density at radius 1 is 1.19 bits per heavy atom. The van der Waals surface area contributed by atoms with Crippen molar-refractivity contribution >= 4 is 0 Å². The van der Waals surface area contributed by atoms with Gasteiger partial charge >= 0.3 is 0 Å². The summed E-state index contributed by atoms with van der Waals surface area (Å²) in [6.07, 6.45) is 2.85. The third-order valence-corrected chi connectivity index (χ3v) is 4.33. The molecule has 0 amide bonds. The van der Waals surface area contributed by atoms with Gasteiger partial charge in [0.1, 0.15) is 6.10 Å². The Hall–Kier alpha value is -1.87. The monoisotopic (exact) mass is 286 g/mol. The number of benzene rings is 2. The van der Waals surface area contributed by atoms with E-state index in [1.54, 1.807) is 12.1 Å². The van der Waals surface area contributed by atoms with E-state index < -0.39 is 11.9 Å². The number of hydrogen-bond acceptors (Lipinski definition) is 2. The zero-order valence-corrected chi connectivity index (χ0v) is 12.1. The molecule has 2 nitrogen and oxygen atoms in total. The Kier molecular flexibility index (Phi) is 3.93. The summed E-state index contributed by atoms with van der Waals surface area (Å²) in [7, 11) is 1.43. The first-order chi connectivity index (χ1) is 10.2. The lowest BCUT2D eigenvalue weighted by atomic mass is 9.77. The standard InChI is InChI=1S/C18H19FO2/c1-21-17-11-13(9-10-16(17)19)18(20)15-8-3-2-7-14(15)12-5-4-6-12/h2-3,7-12,18,20H,4-6H2,1H3. The van der Waals surface area contributed by atoms with Crippen LogP contribution in [0.4, 0.5) is 4.39 Å². The summed E-state index contributed by atoms with van der Waals surface area (Å²) in [5.74, 6) is 0.284. The topological polar surface area (TPSA) is 29.5 Å². The minimum atomic E-state index is -0.753. The van der Waals surface area contributed by atoms with E-state index in [-0.39, 0.29) is 5.75 Å². The molecule has 1 atom stereocenters. The lowest BCUT2D eigenvalue weighted by molar-refractivity contribution is 0.216. The molecule has 1 N–H and O–H groups in total. The molecule has 1 aliphatic rings. The van der Waals surface area contributed by atoms with Gasteiger partial charge in [-0.2, -0.15) is 0 Å². The van der Waals surface area contributed by atoms with Crippen molar-refractivity contribution in [2.45, 2.75) is 31.3 Å². The maximum atomic E-state index is 13.5. The first kappa shape index (κ1) is 14.1. The van der Waals surface area contributed by atoms with Crippen molar-refractivity contribution in [3.63, 3.8) is 0 Å². The van der Waals surface area contributed by atoms with E-state index in [1.807, 2.05) is 18.2 Å². The third kappa shape index (κ3) is 2.66. The van der Waals surface area contributed by atoms with Crippen LogP contribution in [0.5, 0.6) is 5.75 Å². The fourth-order valence-electron chi connectivity index (χ4n) is 2.88. The fourth-order valence-corrected chi connectivity index (χ4v) is 2.88. The normalized spacial score (nSPS) is 16.3. The maximum absolute atomic E-state index is 13.5. The highest BCUT2D eigenvalue weighted by Gasteiger charge is 2.25. The van der Waals surface area contributed by atoms with Crippen LogP contribution in [0.2, 0.25) is 0 Å². The number of halogens is 1. The summed E-state index contributed by atoms with van der Waals surface area (Å²) in [4.78, 5) is 0. The molecule has 3 heteroatoms. The van der Waals surface area contributed by atoms with Crippen LogP contribution in [0.25, 0.3) is 0 Å². The van der Waals surface area contributed by atoms with E-state index in [4.69, 9.17) is 4.74 Å². The van der Waals surface area contributed by atoms with Crippen molar-refractivity contribution in [2.75, 3.05) is 7.11 Å². The van der Waals surface area contributed by atoms with Crippen LogP contribution in [0, 0.1) is 5.82 Å². The van der Waals surface area contributed by atoms with Crippen LogP contribution >= 0.6 is 0 Å². The van der Waals surface area contributed by atoms with E-state index in [1.165, 1.54) is 38.0 Å². The lowest BCUT2D eigenvalue weighted by Crippen LogP contribution is -2.13. The number of aliphatic hydroxyl groups excluding tert-OH is 1. The Morgan fingerprint density at radius 2 is 1.95 bits per heavy atom. The van der Waals surface area contributed by atoms with E-state index in [0.29, 0.717) is 11.5 Å². The molecule has 0 radical (unpaired) electrons. The van der Waals surface area contributed by atoms with E-state index in [2.05, 4.69) is 6.07 Å². The molecule has 110 valence electrons. The molecule has 0 heterocycles. The summed E-state index contributed by atoms with van der Waals surface area (Å²) in [5.41, 5.74) is 2.77. The SMILES string of the molecule is COc1cc(C(O)c2ccccc2C2CCC2)ccc1F. The van der Waals surface area contributed by atoms with Gasteiger partial charge in [0.05, 0.1) is 7.11 Å². The maximum Gasteiger partial charge on any atom is 0.165 e. The van der Waals surface area contributed by atoms with Crippen molar-refractivity contribution in [3.05, 3.63) is 65.0 Å². The van der Waals surface area contributed by atoms with Gasteiger partial charge in [0.15, 0.2) is 11.6 Å². The second-order valence-electron chi connectivity index (χ2n) is 5.55. The van der Waals surface area contributed by atoms with Gasteiger partial charge in [-0.25, -0.2) is 4.39 Å². The van der Waals surface area contributed by atoms with Crippen LogP contribution in [-0.4, -0.2) is 12.2 Å². The van der Waals surface area contributed by atoms with Crippen molar-refractivity contribution in [1.82, 2.24) is 0 Å². The first-order valence-electron chi connectivity index (χ1n) is 7.31. The largest absolute Gasteiger partial charge is 0.494 e. The van der Waals surface area contributed by atoms with Crippen LogP contribution in [0.3, 0.4) is 0 Å². The number of methoxy groups -OCH3 is 1. The van der Waals surface area contributed by atoms with E-state index in [0.717, 1.165) is 5.56 Å². The second-order valence-corrected chi connectivity index (χ2v) is 5.55. The average molecular weight is 286 g/mol. The van der Waals surface area contributed by atoms with Crippen molar-refractivity contribution in [1.29, 1.82) is 0 Å². The quantitative estimate of drug-likeness (QED) is 0.913. The van der Waals surface area contributed by atoms with Gasteiger partial charge < -0.3 is 9.84 Å². The van der Waals surface area contributed by atoms with Gasteiger partial charge in [0.2, 0.25) is 0 Å². The molecule has 2 aromatic rings. The summed E-state index contributed by atoms with van der Waals surface area (Å²) < 4.78 is 18.5. The van der Waals surface area contributed by atoms with Crippen LogP contribution in [0.15, 0.2) is 42.5 Å². The minimum Gasteiger partial charge on any atom is -0.494 e. The van der Waals surface area contributed by atoms with Crippen LogP contribution in [-0.2, 0) is 0 Å². The van der Waals surface area contributed by atoms with Crippen LogP contribution < -0.4 is 4.74 Å². The molecule has 0 bridgehead atoms. The summed E-state index contributed by atoms with van der Waals surface area (Å²) >= 11 is 0. The highest BCUT2D eigenvalue weighted by atomic mass is 19.1. The molecule has 1 fully saturated rings.